The number of aromatic nitrogens is 1. The van der Waals surface area contributed by atoms with Gasteiger partial charge in [0.25, 0.3) is 15.7 Å². The third-order valence-corrected chi connectivity index (χ3v) is 7.16. The van der Waals surface area contributed by atoms with Crippen LogP contribution in [0.4, 0.5) is 0 Å². The van der Waals surface area contributed by atoms with Gasteiger partial charge >= 0.3 is 0 Å². The molecule has 37 heavy (non-hydrogen) atoms. The van der Waals surface area contributed by atoms with Crippen LogP contribution in [0.2, 0.25) is 0 Å². The van der Waals surface area contributed by atoms with Gasteiger partial charge < -0.3 is 9.47 Å². The topological polar surface area (TPSA) is 121 Å². The van der Waals surface area contributed by atoms with Gasteiger partial charge in [-0.2, -0.15) is 13.4 Å². The molecule has 0 spiro atoms. The highest BCUT2D eigenvalue weighted by atomic mass is 32.2. The molecule has 1 aromatic heterocycles. The number of hydrogen-bond acceptors (Lipinski definition) is 8. The molecule has 0 aliphatic carbocycles. The lowest BCUT2D eigenvalue weighted by molar-refractivity contribution is -0.131. The molecule has 11 heteroatoms. The van der Waals surface area contributed by atoms with Gasteiger partial charge in [0.05, 0.1) is 43.6 Å². The summed E-state index contributed by atoms with van der Waals surface area (Å²) >= 11 is 0. The van der Waals surface area contributed by atoms with Gasteiger partial charge in [-0.05, 0) is 43.0 Å². The molecule has 1 aliphatic heterocycles. The maximum Gasteiger partial charge on any atom is 0.297 e. The van der Waals surface area contributed by atoms with Crippen molar-refractivity contribution in [2.75, 3.05) is 31.4 Å². The summed E-state index contributed by atoms with van der Waals surface area (Å²) in [7, 11) is -3.86. The molecule has 2 heterocycles. The molecule has 1 saturated heterocycles. The van der Waals surface area contributed by atoms with Crippen LogP contribution in [0.25, 0.3) is 10.8 Å². The Balaban J connectivity index is 1.33. The van der Waals surface area contributed by atoms with Crippen molar-refractivity contribution in [2.45, 2.75) is 37.7 Å². The summed E-state index contributed by atoms with van der Waals surface area (Å²) in [4.78, 5) is 38.4. The van der Waals surface area contributed by atoms with Gasteiger partial charge in [-0.1, -0.05) is 35.9 Å². The zero-order valence-corrected chi connectivity index (χ0v) is 21.2. The third-order valence-electron chi connectivity index (χ3n) is 5.83. The SMILES string of the molecule is Cc1ccc(S(=O)(=O)OCCOCCOCc2cc3ccccc3c(=O)n2N2C(=O)CCCC2=O)cc1. The van der Waals surface area contributed by atoms with E-state index in [0.29, 0.717) is 22.9 Å². The number of benzene rings is 2. The van der Waals surface area contributed by atoms with Crippen LogP contribution < -0.4 is 10.6 Å². The molecule has 0 N–H and O–H groups in total. The van der Waals surface area contributed by atoms with Crippen LogP contribution in [-0.2, 0) is 40.0 Å². The van der Waals surface area contributed by atoms with E-state index in [1.54, 1.807) is 42.5 Å². The van der Waals surface area contributed by atoms with E-state index in [1.807, 2.05) is 6.92 Å². The smallest absolute Gasteiger partial charge is 0.297 e. The van der Waals surface area contributed by atoms with E-state index in [2.05, 4.69) is 0 Å². The second-order valence-corrected chi connectivity index (χ2v) is 10.2. The summed E-state index contributed by atoms with van der Waals surface area (Å²) < 4.78 is 41.5. The largest absolute Gasteiger partial charge is 0.377 e. The number of hydrogen-bond donors (Lipinski definition) is 0. The summed E-state index contributed by atoms with van der Waals surface area (Å²) in [5, 5.41) is 1.98. The number of ether oxygens (including phenoxy) is 2. The van der Waals surface area contributed by atoms with Crippen LogP contribution in [-0.4, -0.2) is 51.3 Å². The van der Waals surface area contributed by atoms with E-state index >= 15 is 0 Å². The summed E-state index contributed by atoms with van der Waals surface area (Å²) in [6.07, 6.45) is 0.817. The Kier molecular flexibility index (Phi) is 8.49. The molecular weight excluding hydrogens is 500 g/mol. The number of piperidine rings is 1. The molecule has 3 aromatic rings. The molecule has 196 valence electrons. The van der Waals surface area contributed by atoms with Gasteiger partial charge in [0.15, 0.2) is 0 Å². The van der Waals surface area contributed by atoms with Crippen LogP contribution in [0.1, 0.15) is 30.5 Å². The number of pyridine rings is 1. The Morgan fingerprint density at radius 3 is 2.22 bits per heavy atom. The zero-order chi connectivity index (χ0) is 26.4. The average molecular weight is 529 g/mol. The molecule has 2 aromatic carbocycles. The van der Waals surface area contributed by atoms with E-state index < -0.39 is 27.5 Å². The summed E-state index contributed by atoms with van der Waals surface area (Å²) in [6.45, 7) is 1.98. The van der Waals surface area contributed by atoms with Crippen molar-refractivity contribution in [1.29, 1.82) is 0 Å². The van der Waals surface area contributed by atoms with Crippen molar-refractivity contribution in [3.05, 3.63) is 76.2 Å². The number of amides is 2. The van der Waals surface area contributed by atoms with Gasteiger partial charge in [0.1, 0.15) is 0 Å². The van der Waals surface area contributed by atoms with Crippen LogP contribution in [0.15, 0.2) is 64.3 Å². The first kappa shape index (κ1) is 26.7. The van der Waals surface area contributed by atoms with Crippen molar-refractivity contribution in [1.82, 2.24) is 4.68 Å². The van der Waals surface area contributed by atoms with Crippen LogP contribution >= 0.6 is 0 Å². The van der Waals surface area contributed by atoms with Crippen molar-refractivity contribution < 1.29 is 31.7 Å². The minimum absolute atomic E-state index is 0.0336. The fourth-order valence-electron chi connectivity index (χ4n) is 3.96. The standard InChI is InChI=1S/C26H28N2O8S/c1-19-9-11-22(12-10-19)37(32,33)36-16-15-34-13-14-35-18-21-17-20-5-2-3-6-23(20)26(31)27(21)28-24(29)7-4-8-25(28)30/h2-3,5-6,9-12,17H,4,7-8,13-16,18H2,1H3. The molecule has 0 bridgehead atoms. The molecule has 2 amide bonds. The lowest BCUT2D eigenvalue weighted by atomic mass is 10.1. The van der Waals surface area contributed by atoms with Gasteiger partial charge in [-0.3, -0.25) is 18.6 Å². The number of fused-ring (bicyclic) bond motifs is 1. The van der Waals surface area contributed by atoms with E-state index in [4.69, 9.17) is 13.7 Å². The maximum absolute atomic E-state index is 13.2. The molecule has 10 nitrogen and oxygen atoms in total. The molecule has 0 unspecified atom stereocenters. The first-order chi connectivity index (χ1) is 17.8. The minimum atomic E-state index is -3.86. The Labute approximate surface area is 214 Å². The van der Waals surface area contributed by atoms with Crippen molar-refractivity contribution >= 4 is 32.7 Å². The van der Waals surface area contributed by atoms with Crippen molar-refractivity contribution in [3.63, 3.8) is 0 Å². The van der Waals surface area contributed by atoms with E-state index in [0.717, 1.165) is 15.2 Å². The molecule has 0 radical (unpaired) electrons. The highest BCUT2D eigenvalue weighted by molar-refractivity contribution is 7.86. The Hall–Kier alpha value is -3.38. The number of imide groups is 1. The fourth-order valence-corrected chi connectivity index (χ4v) is 4.85. The number of carbonyl (C=O) groups excluding carboxylic acids is 2. The van der Waals surface area contributed by atoms with Gasteiger partial charge in [-0.15, -0.1) is 0 Å². The molecule has 1 aliphatic rings. The summed E-state index contributed by atoms with van der Waals surface area (Å²) in [6, 6.07) is 15.0. The molecule has 0 saturated carbocycles. The number of rotatable bonds is 11. The number of nitrogens with zero attached hydrogens (tertiary/aromatic N) is 2. The highest BCUT2D eigenvalue weighted by Crippen LogP contribution is 2.17. The fraction of sp³-hybridized carbons (Fsp3) is 0.346. The van der Waals surface area contributed by atoms with Gasteiger partial charge in [-0.25, -0.2) is 4.68 Å². The quantitative estimate of drug-likeness (QED) is 0.211. The van der Waals surface area contributed by atoms with E-state index in [1.165, 1.54) is 12.1 Å². The third kappa shape index (κ3) is 6.31. The predicted molar refractivity (Wildman–Crippen MR) is 135 cm³/mol. The molecule has 0 atom stereocenters. The Morgan fingerprint density at radius 1 is 0.838 bits per heavy atom. The Bertz CT molecular complexity index is 1430. The number of carbonyl (C=O) groups is 2. The van der Waals surface area contributed by atoms with Crippen molar-refractivity contribution in [2.24, 2.45) is 0 Å². The first-order valence-electron chi connectivity index (χ1n) is 11.9. The Morgan fingerprint density at radius 2 is 1.49 bits per heavy atom. The lowest BCUT2D eigenvalue weighted by Crippen LogP contribution is -2.53. The average Bonchev–Trinajstić information content (AvgIpc) is 2.87. The maximum atomic E-state index is 13.2. The number of aryl methyl sites for hydroxylation is 1. The summed E-state index contributed by atoms with van der Waals surface area (Å²) in [5.41, 5.74) is 0.834. The predicted octanol–water partition coefficient (Wildman–Crippen LogP) is 2.42. The zero-order valence-electron chi connectivity index (χ0n) is 20.4. The molecule has 1 fully saturated rings. The second kappa shape index (κ2) is 11.8. The van der Waals surface area contributed by atoms with Gasteiger partial charge in [0, 0.05) is 18.2 Å². The summed E-state index contributed by atoms with van der Waals surface area (Å²) in [5.74, 6) is -0.863. The molecular formula is C26H28N2O8S. The van der Waals surface area contributed by atoms with Crippen LogP contribution in [0, 0.1) is 6.92 Å². The van der Waals surface area contributed by atoms with Crippen LogP contribution in [0.5, 0.6) is 0 Å². The monoisotopic (exact) mass is 528 g/mol. The molecule has 4 rings (SSSR count). The van der Waals surface area contributed by atoms with Crippen molar-refractivity contribution in [3.8, 4) is 0 Å². The van der Waals surface area contributed by atoms with E-state index in [-0.39, 0.29) is 50.8 Å². The van der Waals surface area contributed by atoms with Crippen LogP contribution in [0.3, 0.4) is 0 Å². The normalized spacial score (nSPS) is 14.5. The van der Waals surface area contributed by atoms with Gasteiger partial charge in [0.2, 0.25) is 11.8 Å². The second-order valence-electron chi connectivity index (χ2n) is 8.55. The minimum Gasteiger partial charge on any atom is -0.377 e. The lowest BCUT2D eigenvalue weighted by Gasteiger charge is -2.28. The first-order valence-corrected chi connectivity index (χ1v) is 13.3. The van der Waals surface area contributed by atoms with E-state index in [9.17, 15) is 22.8 Å². The highest BCUT2D eigenvalue weighted by Gasteiger charge is 2.30.